The summed E-state index contributed by atoms with van der Waals surface area (Å²) in [5.74, 6) is 1.34. The van der Waals surface area contributed by atoms with E-state index < -0.39 is 0 Å². The molecule has 1 aliphatic rings. The van der Waals surface area contributed by atoms with Gasteiger partial charge in [0.2, 0.25) is 5.82 Å². The van der Waals surface area contributed by atoms with Crippen molar-refractivity contribution in [3.05, 3.63) is 16.3 Å². The highest BCUT2D eigenvalue weighted by atomic mass is 16.6. The van der Waals surface area contributed by atoms with E-state index >= 15 is 0 Å². The smallest absolute Gasteiger partial charge is 0.331 e. The lowest BCUT2D eigenvalue weighted by atomic mass is 10.0. The van der Waals surface area contributed by atoms with Gasteiger partial charge in [-0.25, -0.2) is 4.68 Å². The molecule has 1 unspecified atom stereocenters. The number of rotatable bonds is 2. The number of aryl methyl sites for hydroxylation is 1. The molecule has 2 rings (SSSR count). The highest BCUT2D eigenvalue weighted by molar-refractivity contribution is 5.57. The summed E-state index contributed by atoms with van der Waals surface area (Å²) in [6.07, 6.45) is 4.71. The van der Waals surface area contributed by atoms with Gasteiger partial charge >= 0.3 is 5.69 Å². The van der Waals surface area contributed by atoms with Crippen LogP contribution in [0.25, 0.3) is 0 Å². The van der Waals surface area contributed by atoms with Crippen LogP contribution in [0.2, 0.25) is 0 Å². The minimum Gasteiger partial charge on any atom is -0.351 e. The SMILES string of the molecule is CC1CCCN(c2c([N+](=O)[O-])cnn2C)CC1. The van der Waals surface area contributed by atoms with Gasteiger partial charge in [0.1, 0.15) is 6.20 Å². The molecule has 1 saturated heterocycles. The van der Waals surface area contributed by atoms with Gasteiger partial charge in [0, 0.05) is 20.1 Å². The molecule has 0 spiro atoms. The summed E-state index contributed by atoms with van der Waals surface area (Å²) in [5.41, 5.74) is 0.113. The van der Waals surface area contributed by atoms with Crippen LogP contribution in [0, 0.1) is 16.0 Å². The van der Waals surface area contributed by atoms with E-state index in [9.17, 15) is 10.1 Å². The van der Waals surface area contributed by atoms with Crippen molar-refractivity contribution in [2.45, 2.75) is 26.2 Å². The average Bonchev–Trinajstić information content (AvgIpc) is 2.52. The molecule has 0 saturated carbocycles. The Hall–Kier alpha value is -1.59. The first-order valence-electron chi connectivity index (χ1n) is 6.01. The Kier molecular flexibility index (Phi) is 3.31. The van der Waals surface area contributed by atoms with Crippen molar-refractivity contribution in [1.82, 2.24) is 9.78 Å². The molecule has 6 nitrogen and oxygen atoms in total. The Morgan fingerprint density at radius 1 is 1.47 bits per heavy atom. The van der Waals surface area contributed by atoms with Crippen LogP contribution in [0.3, 0.4) is 0 Å². The zero-order chi connectivity index (χ0) is 12.4. The summed E-state index contributed by atoms with van der Waals surface area (Å²) in [5, 5.41) is 14.9. The second-order valence-electron chi connectivity index (χ2n) is 4.76. The number of hydrogen-bond acceptors (Lipinski definition) is 4. The number of aromatic nitrogens is 2. The monoisotopic (exact) mass is 238 g/mol. The molecule has 0 amide bonds. The highest BCUT2D eigenvalue weighted by Gasteiger charge is 2.25. The van der Waals surface area contributed by atoms with Crippen LogP contribution in [0.5, 0.6) is 0 Å². The minimum absolute atomic E-state index is 0.113. The van der Waals surface area contributed by atoms with Crippen molar-refractivity contribution < 1.29 is 4.92 Å². The molecule has 1 fully saturated rings. The molecule has 2 heterocycles. The molecule has 0 radical (unpaired) electrons. The predicted molar refractivity (Wildman–Crippen MR) is 65.1 cm³/mol. The largest absolute Gasteiger partial charge is 0.351 e. The van der Waals surface area contributed by atoms with Gasteiger partial charge in [0.15, 0.2) is 0 Å². The number of nitro groups is 1. The number of nitrogens with zero attached hydrogens (tertiary/aromatic N) is 4. The Balaban J connectivity index is 2.26. The van der Waals surface area contributed by atoms with E-state index in [2.05, 4.69) is 16.9 Å². The van der Waals surface area contributed by atoms with Crippen molar-refractivity contribution in [3.63, 3.8) is 0 Å². The molecule has 1 aliphatic heterocycles. The van der Waals surface area contributed by atoms with E-state index in [-0.39, 0.29) is 10.6 Å². The van der Waals surface area contributed by atoms with E-state index in [0.29, 0.717) is 11.7 Å². The van der Waals surface area contributed by atoms with Gasteiger partial charge in [-0.1, -0.05) is 6.92 Å². The molecular formula is C11H18N4O2. The lowest BCUT2D eigenvalue weighted by Crippen LogP contribution is -2.27. The van der Waals surface area contributed by atoms with Crippen LogP contribution in [0.4, 0.5) is 11.5 Å². The van der Waals surface area contributed by atoms with Crippen molar-refractivity contribution in [1.29, 1.82) is 0 Å². The van der Waals surface area contributed by atoms with Gasteiger partial charge in [-0.15, -0.1) is 0 Å². The topological polar surface area (TPSA) is 64.2 Å². The van der Waals surface area contributed by atoms with Gasteiger partial charge in [0.05, 0.1) is 4.92 Å². The Labute approximate surface area is 100 Å². The second-order valence-corrected chi connectivity index (χ2v) is 4.76. The van der Waals surface area contributed by atoms with Crippen molar-refractivity contribution >= 4 is 11.5 Å². The van der Waals surface area contributed by atoms with Crippen LogP contribution in [0.15, 0.2) is 6.20 Å². The Morgan fingerprint density at radius 2 is 2.24 bits per heavy atom. The van der Waals surface area contributed by atoms with Crippen LogP contribution in [-0.2, 0) is 7.05 Å². The lowest BCUT2D eigenvalue weighted by Gasteiger charge is -2.21. The zero-order valence-electron chi connectivity index (χ0n) is 10.3. The lowest BCUT2D eigenvalue weighted by molar-refractivity contribution is -0.384. The van der Waals surface area contributed by atoms with E-state index in [4.69, 9.17) is 0 Å². The molecule has 6 heteroatoms. The van der Waals surface area contributed by atoms with Gasteiger partial charge < -0.3 is 4.90 Å². The highest BCUT2D eigenvalue weighted by Crippen LogP contribution is 2.29. The first-order chi connectivity index (χ1) is 8.09. The van der Waals surface area contributed by atoms with Crippen molar-refractivity contribution in [2.75, 3.05) is 18.0 Å². The summed E-state index contributed by atoms with van der Waals surface area (Å²) >= 11 is 0. The third-order valence-corrected chi connectivity index (χ3v) is 3.40. The Bertz CT molecular complexity index is 416. The summed E-state index contributed by atoms with van der Waals surface area (Å²) in [6, 6.07) is 0. The normalized spacial score (nSPS) is 21.3. The molecule has 0 bridgehead atoms. The molecule has 1 aromatic heterocycles. The number of hydrogen-bond donors (Lipinski definition) is 0. The summed E-state index contributed by atoms with van der Waals surface area (Å²) < 4.78 is 1.61. The molecule has 0 aliphatic carbocycles. The van der Waals surface area contributed by atoms with Crippen molar-refractivity contribution in [2.24, 2.45) is 13.0 Å². The quantitative estimate of drug-likeness (QED) is 0.583. The molecule has 1 aromatic rings. The van der Waals surface area contributed by atoms with Crippen LogP contribution in [0.1, 0.15) is 26.2 Å². The number of anilines is 1. The van der Waals surface area contributed by atoms with Gasteiger partial charge in [0.25, 0.3) is 0 Å². The maximum atomic E-state index is 11.0. The van der Waals surface area contributed by atoms with Gasteiger partial charge in [-0.3, -0.25) is 10.1 Å². The van der Waals surface area contributed by atoms with E-state index in [1.165, 1.54) is 12.6 Å². The Morgan fingerprint density at radius 3 is 2.94 bits per heavy atom. The maximum absolute atomic E-state index is 11.0. The molecule has 0 aromatic carbocycles. The summed E-state index contributed by atoms with van der Waals surface area (Å²) in [6.45, 7) is 3.99. The first-order valence-corrected chi connectivity index (χ1v) is 6.01. The fourth-order valence-corrected chi connectivity index (χ4v) is 2.39. The van der Waals surface area contributed by atoms with E-state index in [1.54, 1.807) is 11.7 Å². The van der Waals surface area contributed by atoms with Crippen molar-refractivity contribution in [3.8, 4) is 0 Å². The standard InChI is InChI=1S/C11H18N4O2/c1-9-4-3-6-14(7-5-9)11-10(15(16)17)8-12-13(11)2/h8-9H,3-7H2,1-2H3. The van der Waals surface area contributed by atoms with Crippen LogP contribution >= 0.6 is 0 Å². The summed E-state index contributed by atoms with van der Waals surface area (Å²) in [7, 11) is 1.76. The van der Waals surface area contributed by atoms with E-state index in [0.717, 1.165) is 25.9 Å². The van der Waals surface area contributed by atoms with E-state index in [1.807, 2.05) is 0 Å². The average molecular weight is 238 g/mol. The zero-order valence-corrected chi connectivity index (χ0v) is 10.3. The first kappa shape index (κ1) is 11.9. The van der Waals surface area contributed by atoms with Gasteiger partial charge in [-0.2, -0.15) is 5.10 Å². The van der Waals surface area contributed by atoms with Crippen LogP contribution < -0.4 is 4.90 Å². The fourth-order valence-electron chi connectivity index (χ4n) is 2.39. The van der Waals surface area contributed by atoms with Crippen LogP contribution in [-0.4, -0.2) is 27.8 Å². The molecular weight excluding hydrogens is 220 g/mol. The molecule has 0 N–H and O–H groups in total. The third-order valence-electron chi connectivity index (χ3n) is 3.40. The molecule has 1 atom stereocenters. The summed E-state index contributed by atoms with van der Waals surface area (Å²) in [4.78, 5) is 12.7. The van der Waals surface area contributed by atoms with Gasteiger partial charge in [-0.05, 0) is 25.2 Å². The molecule has 94 valence electrons. The maximum Gasteiger partial charge on any atom is 0.331 e. The predicted octanol–water partition coefficient (Wildman–Crippen LogP) is 1.95. The molecule has 17 heavy (non-hydrogen) atoms. The second kappa shape index (κ2) is 4.73. The fraction of sp³-hybridized carbons (Fsp3) is 0.727. The minimum atomic E-state index is -0.351. The third kappa shape index (κ3) is 2.40.